The van der Waals surface area contributed by atoms with Crippen molar-refractivity contribution in [1.29, 1.82) is 0 Å². The Morgan fingerprint density at radius 2 is 2.14 bits per heavy atom. The molecule has 0 aliphatic heterocycles. The average Bonchev–Trinajstić information content (AvgIpc) is 2.51. The number of rotatable bonds is 5. The van der Waals surface area contributed by atoms with Crippen LogP contribution < -0.4 is 5.32 Å². The van der Waals surface area contributed by atoms with E-state index in [9.17, 15) is 9.59 Å². The number of pyridine rings is 1. The molecule has 0 aliphatic carbocycles. The van der Waals surface area contributed by atoms with Gasteiger partial charge in [-0.25, -0.2) is 4.79 Å². The zero-order valence-electron chi connectivity index (χ0n) is 12.6. The number of amides is 1. The lowest BCUT2D eigenvalue weighted by molar-refractivity contribution is -0.128. The number of nitrogens with zero attached hydrogens (tertiary/aromatic N) is 1. The molecular formula is C17H18N2O3. The molecule has 0 unspecified atom stereocenters. The normalized spacial score (nSPS) is 11.7. The molecular weight excluding hydrogens is 280 g/mol. The molecule has 2 aromatic rings. The van der Waals surface area contributed by atoms with E-state index in [4.69, 9.17) is 4.74 Å². The maximum Gasteiger partial charge on any atom is 0.339 e. The fourth-order valence-electron chi connectivity index (χ4n) is 2.07. The van der Waals surface area contributed by atoms with Crippen LogP contribution in [0.5, 0.6) is 0 Å². The number of benzene rings is 1. The summed E-state index contributed by atoms with van der Waals surface area (Å²) in [7, 11) is 0. The van der Waals surface area contributed by atoms with Crippen molar-refractivity contribution in [3.05, 3.63) is 54.2 Å². The molecule has 1 aromatic carbocycles. The van der Waals surface area contributed by atoms with E-state index in [0.29, 0.717) is 17.5 Å². The molecule has 5 heteroatoms. The highest BCUT2D eigenvalue weighted by atomic mass is 16.5. The molecule has 1 heterocycles. The molecule has 1 amide bonds. The van der Waals surface area contributed by atoms with Gasteiger partial charge in [-0.15, -0.1) is 6.58 Å². The van der Waals surface area contributed by atoms with Crippen LogP contribution >= 0.6 is 0 Å². The Morgan fingerprint density at radius 1 is 1.41 bits per heavy atom. The van der Waals surface area contributed by atoms with Crippen molar-refractivity contribution in [2.24, 2.45) is 0 Å². The van der Waals surface area contributed by atoms with Gasteiger partial charge in [0.05, 0.1) is 11.1 Å². The van der Waals surface area contributed by atoms with Gasteiger partial charge in [-0.05, 0) is 26.0 Å². The summed E-state index contributed by atoms with van der Waals surface area (Å²) in [4.78, 5) is 28.5. The number of hydrogen-bond donors (Lipinski definition) is 1. The van der Waals surface area contributed by atoms with E-state index in [1.807, 2.05) is 25.1 Å². The molecule has 0 aliphatic rings. The molecule has 0 fully saturated rings. The van der Waals surface area contributed by atoms with E-state index >= 15 is 0 Å². The predicted octanol–water partition coefficient (Wildman–Crippen LogP) is 2.39. The van der Waals surface area contributed by atoms with Crippen molar-refractivity contribution in [2.45, 2.75) is 20.0 Å². The van der Waals surface area contributed by atoms with Gasteiger partial charge in [0.25, 0.3) is 5.91 Å². The summed E-state index contributed by atoms with van der Waals surface area (Å²) in [6.45, 7) is 7.19. The first-order valence-electron chi connectivity index (χ1n) is 6.99. The van der Waals surface area contributed by atoms with Crippen LogP contribution in [0.15, 0.2) is 43.0 Å². The second-order valence-electron chi connectivity index (χ2n) is 4.91. The molecule has 0 spiro atoms. The first kappa shape index (κ1) is 15.7. The van der Waals surface area contributed by atoms with Crippen LogP contribution in [0.2, 0.25) is 0 Å². The van der Waals surface area contributed by atoms with Crippen LogP contribution in [0.4, 0.5) is 0 Å². The van der Waals surface area contributed by atoms with Crippen molar-refractivity contribution < 1.29 is 14.3 Å². The summed E-state index contributed by atoms with van der Waals surface area (Å²) in [5.74, 6) is -0.897. The minimum absolute atomic E-state index is 0.331. The quantitative estimate of drug-likeness (QED) is 0.680. The van der Waals surface area contributed by atoms with Gasteiger partial charge in [-0.2, -0.15) is 0 Å². The lowest BCUT2D eigenvalue weighted by atomic mass is 10.1. The first-order chi connectivity index (χ1) is 10.5. The van der Waals surface area contributed by atoms with E-state index in [-0.39, 0.29) is 5.91 Å². The van der Waals surface area contributed by atoms with Crippen molar-refractivity contribution in [1.82, 2.24) is 10.3 Å². The summed E-state index contributed by atoms with van der Waals surface area (Å²) >= 11 is 0. The lowest BCUT2D eigenvalue weighted by Crippen LogP contribution is -2.35. The Balaban J connectivity index is 2.23. The fourth-order valence-corrected chi connectivity index (χ4v) is 2.07. The van der Waals surface area contributed by atoms with Crippen molar-refractivity contribution in [3.8, 4) is 0 Å². The zero-order valence-corrected chi connectivity index (χ0v) is 12.6. The summed E-state index contributed by atoms with van der Waals surface area (Å²) in [6.07, 6.45) is 0.686. The number of carbonyl (C=O) groups is 2. The minimum Gasteiger partial charge on any atom is -0.449 e. The Morgan fingerprint density at radius 3 is 2.86 bits per heavy atom. The first-order valence-corrected chi connectivity index (χ1v) is 6.99. The van der Waals surface area contributed by atoms with Crippen molar-refractivity contribution in [3.63, 3.8) is 0 Å². The molecule has 1 N–H and O–H groups in total. The third kappa shape index (κ3) is 3.49. The van der Waals surface area contributed by atoms with E-state index in [1.54, 1.807) is 18.2 Å². The second kappa shape index (κ2) is 6.85. The number of fused-ring (bicyclic) bond motifs is 1. The van der Waals surface area contributed by atoms with Gasteiger partial charge in [0.1, 0.15) is 0 Å². The molecule has 1 atom stereocenters. The number of aryl methyl sites for hydroxylation is 1. The molecule has 2 rings (SSSR count). The maximum absolute atomic E-state index is 12.3. The Kier molecular flexibility index (Phi) is 4.88. The fraction of sp³-hybridized carbons (Fsp3) is 0.235. The van der Waals surface area contributed by atoms with Gasteiger partial charge < -0.3 is 10.1 Å². The third-order valence-electron chi connectivity index (χ3n) is 3.14. The lowest BCUT2D eigenvalue weighted by Gasteiger charge is -2.14. The average molecular weight is 298 g/mol. The summed E-state index contributed by atoms with van der Waals surface area (Å²) in [5.41, 5.74) is 1.85. The van der Waals surface area contributed by atoms with E-state index in [1.165, 1.54) is 6.92 Å². The van der Waals surface area contributed by atoms with Crippen LogP contribution in [-0.4, -0.2) is 29.5 Å². The summed E-state index contributed by atoms with van der Waals surface area (Å²) < 4.78 is 5.25. The van der Waals surface area contributed by atoms with E-state index in [0.717, 1.165) is 11.2 Å². The summed E-state index contributed by atoms with van der Waals surface area (Å²) in [6, 6.07) is 8.99. The van der Waals surface area contributed by atoms with Gasteiger partial charge in [0, 0.05) is 17.6 Å². The number of para-hydroxylation sites is 1. The topological polar surface area (TPSA) is 68.3 Å². The van der Waals surface area contributed by atoms with Crippen molar-refractivity contribution in [2.75, 3.05) is 6.54 Å². The van der Waals surface area contributed by atoms with Crippen LogP contribution in [0.3, 0.4) is 0 Å². The molecule has 114 valence electrons. The number of ether oxygens (including phenoxy) is 1. The van der Waals surface area contributed by atoms with Gasteiger partial charge in [0.15, 0.2) is 6.10 Å². The number of aromatic nitrogens is 1. The van der Waals surface area contributed by atoms with E-state index in [2.05, 4.69) is 16.9 Å². The number of nitrogens with one attached hydrogen (secondary N) is 1. The zero-order chi connectivity index (χ0) is 16.1. The highest BCUT2D eigenvalue weighted by molar-refractivity contribution is 6.04. The van der Waals surface area contributed by atoms with Gasteiger partial charge >= 0.3 is 5.97 Å². The van der Waals surface area contributed by atoms with Crippen molar-refractivity contribution >= 4 is 22.8 Å². The monoisotopic (exact) mass is 298 g/mol. The number of hydrogen-bond acceptors (Lipinski definition) is 4. The number of esters is 1. The molecule has 22 heavy (non-hydrogen) atoms. The van der Waals surface area contributed by atoms with E-state index < -0.39 is 12.1 Å². The number of carbonyl (C=O) groups excluding carboxylic acids is 2. The highest BCUT2D eigenvalue weighted by Gasteiger charge is 2.20. The van der Waals surface area contributed by atoms with Gasteiger partial charge in [-0.1, -0.05) is 24.3 Å². The second-order valence-corrected chi connectivity index (χ2v) is 4.91. The predicted molar refractivity (Wildman–Crippen MR) is 84.6 cm³/mol. The largest absolute Gasteiger partial charge is 0.449 e. The van der Waals surface area contributed by atoms with Gasteiger partial charge in [0.2, 0.25) is 0 Å². The molecule has 5 nitrogen and oxygen atoms in total. The Hall–Kier alpha value is -2.69. The van der Waals surface area contributed by atoms with Crippen LogP contribution in [0.25, 0.3) is 10.9 Å². The maximum atomic E-state index is 12.3. The summed E-state index contributed by atoms with van der Waals surface area (Å²) in [5, 5.41) is 3.30. The molecule has 0 bridgehead atoms. The molecule has 0 saturated heterocycles. The van der Waals surface area contributed by atoms with Crippen LogP contribution in [-0.2, 0) is 9.53 Å². The standard InChI is InChI=1S/C17H18N2O3/c1-4-9-18-16(20)12(3)22-17(21)14-10-11(2)19-15-8-6-5-7-13(14)15/h4-8,10,12H,1,9H2,2-3H3,(H,18,20)/t12-/m1/s1. The minimum atomic E-state index is -0.875. The SMILES string of the molecule is C=CCNC(=O)[C@@H](C)OC(=O)c1cc(C)nc2ccccc12. The Labute approximate surface area is 129 Å². The third-order valence-corrected chi connectivity index (χ3v) is 3.14. The smallest absolute Gasteiger partial charge is 0.339 e. The molecule has 1 aromatic heterocycles. The molecule has 0 saturated carbocycles. The van der Waals surface area contributed by atoms with Crippen LogP contribution in [0, 0.1) is 6.92 Å². The highest BCUT2D eigenvalue weighted by Crippen LogP contribution is 2.19. The Bertz CT molecular complexity index is 725. The molecule has 0 radical (unpaired) electrons. The van der Waals surface area contributed by atoms with Crippen LogP contribution in [0.1, 0.15) is 23.0 Å². The van der Waals surface area contributed by atoms with Gasteiger partial charge in [-0.3, -0.25) is 9.78 Å².